The first-order valence-electron chi connectivity index (χ1n) is 10.1. The van der Waals surface area contributed by atoms with E-state index in [9.17, 15) is 18.0 Å². The van der Waals surface area contributed by atoms with Gasteiger partial charge in [0.2, 0.25) is 0 Å². The molecule has 1 atom stereocenters. The maximum Gasteiger partial charge on any atom is 0.433 e. The fourth-order valence-electron chi connectivity index (χ4n) is 4.24. The summed E-state index contributed by atoms with van der Waals surface area (Å²) in [5.74, 6) is -1.20. The molecular formula is C22H18F4N4O3. The van der Waals surface area contributed by atoms with Crippen molar-refractivity contribution in [3.8, 4) is 0 Å². The second-order valence-corrected chi connectivity index (χ2v) is 7.86. The number of nitrogen functional groups attached to an aromatic ring is 1. The van der Waals surface area contributed by atoms with E-state index < -0.39 is 29.6 Å². The Bertz CT molecular complexity index is 1260. The normalized spacial score (nSPS) is 18.5. The summed E-state index contributed by atoms with van der Waals surface area (Å²) in [5, 5.41) is 0.550. The number of morpholine rings is 1. The molecule has 0 bridgehead atoms. The van der Waals surface area contributed by atoms with Gasteiger partial charge in [0, 0.05) is 29.8 Å². The molecule has 7 nitrogen and oxygen atoms in total. The summed E-state index contributed by atoms with van der Waals surface area (Å²) in [6, 6.07) is 3.99. The van der Waals surface area contributed by atoms with Crippen LogP contribution in [-0.4, -0.2) is 40.5 Å². The van der Waals surface area contributed by atoms with Crippen molar-refractivity contribution in [2.75, 3.05) is 25.5 Å². The topological polar surface area (TPSA) is 90.6 Å². The van der Waals surface area contributed by atoms with E-state index in [4.69, 9.17) is 15.2 Å². The molecule has 2 aliphatic rings. The van der Waals surface area contributed by atoms with Crippen LogP contribution in [0.2, 0.25) is 0 Å². The Morgan fingerprint density at radius 3 is 2.73 bits per heavy atom. The summed E-state index contributed by atoms with van der Waals surface area (Å²) in [4.78, 5) is 22.3. The Labute approximate surface area is 185 Å². The predicted molar refractivity (Wildman–Crippen MR) is 108 cm³/mol. The maximum atomic E-state index is 15.0. The first kappa shape index (κ1) is 21.5. The van der Waals surface area contributed by atoms with Crippen LogP contribution in [0.1, 0.15) is 38.8 Å². The van der Waals surface area contributed by atoms with Crippen LogP contribution in [0.25, 0.3) is 10.9 Å². The van der Waals surface area contributed by atoms with E-state index >= 15 is 4.39 Å². The molecule has 33 heavy (non-hydrogen) atoms. The Morgan fingerprint density at radius 2 is 1.94 bits per heavy atom. The summed E-state index contributed by atoms with van der Waals surface area (Å²) in [5.41, 5.74) is 6.61. The van der Waals surface area contributed by atoms with E-state index in [0.29, 0.717) is 16.5 Å². The van der Waals surface area contributed by atoms with Crippen LogP contribution in [0.15, 0.2) is 30.5 Å². The Morgan fingerprint density at radius 1 is 1.15 bits per heavy atom. The van der Waals surface area contributed by atoms with Gasteiger partial charge in [-0.3, -0.25) is 9.78 Å². The molecule has 4 heterocycles. The molecule has 0 spiro atoms. The molecule has 2 aliphatic heterocycles. The van der Waals surface area contributed by atoms with Gasteiger partial charge in [0.1, 0.15) is 17.3 Å². The van der Waals surface area contributed by atoms with Gasteiger partial charge in [0.05, 0.1) is 43.5 Å². The number of nitrogens with zero attached hydrogens (tertiary/aromatic N) is 3. The zero-order valence-electron chi connectivity index (χ0n) is 17.2. The minimum Gasteiger partial charge on any atom is -0.383 e. The van der Waals surface area contributed by atoms with Crippen LogP contribution in [0, 0.1) is 5.82 Å². The average molecular weight is 462 g/mol. The van der Waals surface area contributed by atoms with E-state index in [1.54, 1.807) is 0 Å². The van der Waals surface area contributed by atoms with Gasteiger partial charge in [-0.25, -0.2) is 9.37 Å². The van der Waals surface area contributed by atoms with Crippen LogP contribution in [0.4, 0.5) is 23.4 Å². The number of benzene rings is 1. The molecule has 3 aromatic rings. The van der Waals surface area contributed by atoms with E-state index in [0.717, 1.165) is 23.9 Å². The number of carbonyl (C=O) groups is 1. The van der Waals surface area contributed by atoms with Gasteiger partial charge in [-0.05, 0) is 29.3 Å². The van der Waals surface area contributed by atoms with Crippen LogP contribution in [0.5, 0.6) is 0 Å². The van der Waals surface area contributed by atoms with E-state index in [1.165, 1.54) is 17.0 Å². The van der Waals surface area contributed by atoms with E-state index in [1.807, 2.05) is 0 Å². The number of halogens is 4. The highest BCUT2D eigenvalue weighted by Crippen LogP contribution is 2.35. The number of alkyl halides is 3. The zero-order valence-corrected chi connectivity index (χ0v) is 17.2. The third kappa shape index (κ3) is 3.76. The summed E-state index contributed by atoms with van der Waals surface area (Å²) < 4.78 is 65.3. The first-order chi connectivity index (χ1) is 15.7. The molecule has 0 aliphatic carbocycles. The highest BCUT2D eigenvalue weighted by Gasteiger charge is 2.36. The molecule has 172 valence electrons. The summed E-state index contributed by atoms with van der Waals surface area (Å²) in [6.45, 7) is 0.778. The van der Waals surface area contributed by atoms with Gasteiger partial charge in [-0.1, -0.05) is 0 Å². The number of anilines is 1. The molecule has 2 N–H and O–H groups in total. The SMILES string of the molecule is Nc1nc2cc(F)c(C(=O)N3CCOC[C@@H]3c3ccnc(C(F)(F)F)c3)cc2c2c1COC2. The van der Waals surface area contributed by atoms with Gasteiger partial charge in [-0.2, -0.15) is 13.2 Å². The molecular weight excluding hydrogens is 444 g/mol. The monoisotopic (exact) mass is 462 g/mol. The fourth-order valence-corrected chi connectivity index (χ4v) is 4.24. The zero-order chi connectivity index (χ0) is 23.3. The molecule has 1 amide bonds. The Hall–Kier alpha value is -3.31. The van der Waals surface area contributed by atoms with Crippen LogP contribution in [0.3, 0.4) is 0 Å². The van der Waals surface area contributed by atoms with Crippen LogP contribution >= 0.6 is 0 Å². The Kier molecular flexibility index (Phi) is 5.17. The van der Waals surface area contributed by atoms with Crippen LogP contribution < -0.4 is 5.73 Å². The van der Waals surface area contributed by atoms with Crippen LogP contribution in [-0.2, 0) is 28.9 Å². The second-order valence-electron chi connectivity index (χ2n) is 7.86. The second kappa shape index (κ2) is 7.92. The smallest absolute Gasteiger partial charge is 0.383 e. The van der Waals surface area contributed by atoms with Gasteiger partial charge in [0.15, 0.2) is 0 Å². The first-order valence-corrected chi connectivity index (χ1v) is 10.1. The lowest BCUT2D eigenvalue weighted by Crippen LogP contribution is -2.43. The number of carbonyl (C=O) groups excluding carboxylic acids is 1. The standard InChI is InChI=1S/C22H18F4N4O3/c23-16-7-17-12(14-8-33-9-15(14)20(27)29-17)6-13(16)21(31)30-3-4-32-10-18(30)11-1-2-28-19(5-11)22(24,25)26/h1-2,5-7,18H,3-4,8-10H2,(H2,27,29)/t18-/m1/s1. The van der Waals surface area contributed by atoms with Crippen molar-refractivity contribution in [1.29, 1.82) is 0 Å². The predicted octanol–water partition coefficient (Wildman–Crippen LogP) is 3.61. The van der Waals surface area contributed by atoms with Crippen molar-refractivity contribution < 1.29 is 31.8 Å². The third-order valence-electron chi connectivity index (χ3n) is 5.90. The number of hydrogen-bond donors (Lipinski definition) is 1. The van der Waals surface area contributed by atoms with Crippen molar-refractivity contribution in [2.45, 2.75) is 25.4 Å². The minimum absolute atomic E-state index is 0.0242. The number of nitrogens with two attached hydrogens (primary N) is 1. The molecule has 5 rings (SSSR count). The fraction of sp³-hybridized carbons (Fsp3) is 0.318. The molecule has 0 saturated carbocycles. The largest absolute Gasteiger partial charge is 0.433 e. The lowest BCUT2D eigenvalue weighted by molar-refractivity contribution is -0.141. The third-order valence-corrected chi connectivity index (χ3v) is 5.90. The van der Waals surface area contributed by atoms with Crippen molar-refractivity contribution in [2.24, 2.45) is 0 Å². The number of fused-ring (bicyclic) bond motifs is 3. The van der Waals surface area contributed by atoms with Crippen molar-refractivity contribution >= 4 is 22.6 Å². The molecule has 0 radical (unpaired) electrons. The summed E-state index contributed by atoms with van der Waals surface area (Å²) in [6.07, 6.45) is -3.60. The molecule has 1 aromatic carbocycles. The summed E-state index contributed by atoms with van der Waals surface area (Å²) in [7, 11) is 0. The molecule has 11 heteroatoms. The van der Waals surface area contributed by atoms with Gasteiger partial charge in [0.25, 0.3) is 5.91 Å². The summed E-state index contributed by atoms with van der Waals surface area (Å²) >= 11 is 0. The quantitative estimate of drug-likeness (QED) is 0.586. The lowest BCUT2D eigenvalue weighted by atomic mass is 10.00. The highest BCUT2D eigenvalue weighted by molar-refractivity contribution is 5.99. The highest BCUT2D eigenvalue weighted by atomic mass is 19.4. The number of pyridine rings is 2. The number of amides is 1. The van der Waals surface area contributed by atoms with Crippen molar-refractivity contribution in [3.05, 3.63) is 64.2 Å². The number of aromatic nitrogens is 2. The lowest BCUT2D eigenvalue weighted by Gasteiger charge is -2.36. The van der Waals surface area contributed by atoms with Gasteiger partial charge >= 0.3 is 6.18 Å². The minimum atomic E-state index is -4.64. The van der Waals surface area contributed by atoms with E-state index in [2.05, 4.69) is 9.97 Å². The number of ether oxygens (including phenoxy) is 2. The van der Waals surface area contributed by atoms with Crippen molar-refractivity contribution in [1.82, 2.24) is 14.9 Å². The van der Waals surface area contributed by atoms with Crippen molar-refractivity contribution in [3.63, 3.8) is 0 Å². The number of hydrogen-bond acceptors (Lipinski definition) is 6. The Balaban J connectivity index is 1.55. The van der Waals surface area contributed by atoms with Gasteiger partial charge < -0.3 is 20.1 Å². The van der Waals surface area contributed by atoms with Gasteiger partial charge in [-0.15, -0.1) is 0 Å². The maximum absolute atomic E-state index is 15.0. The number of rotatable bonds is 2. The molecule has 1 saturated heterocycles. The average Bonchev–Trinajstić information content (AvgIpc) is 3.29. The molecule has 1 fully saturated rings. The molecule has 0 unspecified atom stereocenters. The molecule has 2 aromatic heterocycles. The van der Waals surface area contributed by atoms with E-state index in [-0.39, 0.29) is 49.9 Å².